The Bertz CT molecular complexity index is 7400. The highest BCUT2D eigenvalue weighted by Gasteiger charge is 2.45. The third-order valence-electron chi connectivity index (χ3n) is 25.8. The molecule has 562 valence electrons. The maximum atomic E-state index is 2.63. The fraction of sp³-hybridized carbons (Fsp3) is 0. The van der Waals surface area contributed by atoms with Crippen LogP contribution in [0.4, 0.5) is 34.1 Å². The van der Waals surface area contributed by atoms with Crippen LogP contribution in [0.3, 0.4) is 0 Å². The highest BCUT2D eigenvalue weighted by molar-refractivity contribution is 7.00. The Kier molecular flexibility index (Phi) is 15.4. The molecule has 7 heteroatoms. The van der Waals surface area contributed by atoms with Gasteiger partial charge in [0, 0.05) is 99.5 Å². The zero-order valence-electron chi connectivity index (χ0n) is 65.9. The van der Waals surface area contributed by atoms with Gasteiger partial charge in [0.25, 0.3) is 6.71 Å². The van der Waals surface area contributed by atoms with Crippen molar-refractivity contribution in [3.05, 3.63) is 443 Å². The molecule has 0 fully saturated rings. The lowest BCUT2D eigenvalue weighted by molar-refractivity contribution is 1.16. The molecule has 25 rings (SSSR count). The average molecular weight is 1540 g/mol. The summed E-state index contributed by atoms with van der Waals surface area (Å²) in [5.74, 6) is 0. The monoisotopic (exact) mass is 1540 g/mol. The van der Waals surface area contributed by atoms with Crippen LogP contribution in [-0.4, -0.2) is 25.0 Å². The predicted molar refractivity (Wildman–Crippen MR) is 510 cm³/mol. The molecule has 0 saturated carbocycles. The Hall–Kier alpha value is -16.0. The van der Waals surface area contributed by atoms with Gasteiger partial charge in [-0.3, -0.25) is 0 Å². The molecule has 6 nitrogen and oxygen atoms in total. The van der Waals surface area contributed by atoms with E-state index in [0.29, 0.717) is 0 Å². The molecule has 6 heterocycles. The number of para-hydroxylation sites is 8. The summed E-state index contributed by atoms with van der Waals surface area (Å²) in [4.78, 5) is 5.27. The highest BCUT2D eigenvalue weighted by Crippen LogP contribution is 2.52. The first-order valence-electron chi connectivity index (χ1n) is 41.8. The third-order valence-corrected chi connectivity index (χ3v) is 25.8. The maximum absolute atomic E-state index is 2.63. The molecular weight excluding hydrogens is 1460 g/mol. The molecule has 0 atom stereocenters. The average Bonchev–Trinajstić information content (AvgIpc) is 0.781. The molecule has 0 unspecified atom stereocenters. The summed E-state index contributed by atoms with van der Waals surface area (Å²) in [7, 11) is 0. The van der Waals surface area contributed by atoms with Crippen molar-refractivity contribution in [2.75, 3.05) is 9.80 Å². The Morgan fingerprint density at radius 1 is 0.149 bits per heavy atom. The largest absolute Gasteiger partial charge is 0.311 e. The molecule has 0 saturated heterocycles. The van der Waals surface area contributed by atoms with Crippen LogP contribution in [0.2, 0.25) is 0 Å². The van der Waals surface area contributed by atoms with Gasteiger partial charge in [-0.15, -0.1) is 0 Å². The van der Waals surface area contributed by atoms with E-state index in [2.05, 4.69) is 471 Å². The molecule has 4 aromatic heterocycles. The van der Waals surface area contributed by atoms with E-state index in [1.165, 1.54) is 104 Å². The summed E-state index contributed by atoms with van der Waals surface area (Å²) >= 11 is 0. The number of anilines is 6. The van der Waals surface area contributed by atoms with Crippen molar-refractivity contribution in [1.82, 2.24) is 18.3 Å². The van der Waals surface area contributed by atoms with Gasteiger partial charge < -0.3 is 28.1 Å². The van der Waals surface area contributed by atoms with Crippen molar-refractivity contribution >= 4 is 144 Å². The predicted octanol–water partition coefficient (Wildman–Crippen LogP) is 28.2. The topological polar surface area (TPSA) is 26.2 Å². The highest BCUT2D eigenvalue weighted by atomic mass is 15.2. The van der Waals surface area contributed by atoms with E-state index in [4.69, 9.17) is 0 Å². The Morgan fingerprint density at radius 3 is 0.727 bits per heavy atom. The number of fused-ring (bicyclic) bond motifs is 16. The molecule has 0 spiro atoms. The lowest BCUT2D eigenvalue weighted by Gasteiger charge is -2.45. The minimum Gasteiger partial charge on any atom is -0.311 e. The molecule has 0 N–H and O–H groups in total. The first-order valence-corrected chi connectivity index (χ1v) is 41.8. The minimum atomic E-state index is -0.263. The number of nitrogens with zero attached hydrogens (tertiary/aromatic N) is 6. The summed E-state index contributed by atoms with van der Waals surface area (Å²) in [5, 5.41) is 9.65. The number of hydrogen-bond donors (Lipinski definition) is 0. The van der Waals surface area contributed by atoms with Gasteiger partial charge >= 0.3 is 0 Å². The van der Waals surface area contributed by atoms with Crippen LogP contribution in [-0.2, 0) is 0 Å². The van der Waals surface area contributed by atoms with Crippen molar-refractivity contribution in [2.45, 2.75) is 0 Å². The van der Waals surface area contributed by atoms with E-state index in [1.54, 1.807) is 0 Å². The fourth-order valence-corrected chi connectivity index (χ4v) is 20.5. The second-order valence-electron chi connectivity index (χ2n) is 32.2. The Balaban J connectivity index is 0.766. The van der Waals surface area contributed by atoms with Crippen LogP contribution >= 0.6 is 0 Å². The van der Waals surface area contributed by atoms with Gasteiger partial charge in [-0.05, 0) is 194 Å². The summed E-state index contributed by atoms with van der Waals surface area (Å²) in [6.45, 7) is -0.263. The Morgan fingerprint density at radius 2 is 0.405 bits per heavy atom. The summed E-state index contributed by atoms with van der Waals surface area (Å²) in [6, 6.07) is 165. The maximum Gasteiger partial charge on any atom is 0.252 e. The SMILES string of the molecule is c1ccc(-c2ccc3c(c2)c2cc(-c4ccccc4)ccc2n3-c2ccc3c(c2)N(c2ccccc2-c2ccccc2-n2c4ccccc4c4ccccc42)c2cccc4c2B3c2ccc(-n3c5ccc(-c6ccccc6)cc5c5cc(-c6ccccc6)ccc53)cc2N4c2ccccc2-c2ccccc2-n2c3ccccc3c3ccccc32)cc1. The molecule has 0 radical (unpaired) electrons. The van der Waals surface area contributed by atoms with Crippen molar-refractivity contribution in [3.63, 3.8) is 0 Å². The van der Waals surface area contributed by atoms with Gasteiger partial charge in [0.1, 0.15) is 0 Å². The normalized spacial score (nSPS) is 12.4. The number of hydrogen-bond acceptors (Lipinski definition) is 2. The molecule has 121 heavy (non-hydrogen) atoms. The van der Waals surface area contributed by atoms with E-state index in [1.807, 2.05) is 0 Å². The van der Waals surface area contributed by atoms with Crippen molar-refractivity contribution in [3.8, 4) is 89.5 Å². The van der Waals surface area contributed by atoms with Crippen LogP contribution in [0.25, 0.3) is 177 Å². The van der Waals surface area contributed by atoms with Crippen molar-refractivity contribution in [2.24, 2.45) is 0 Å². The van der Waals surface area contributed by atoms with Gasteiger partial charge in [0.15, 0.2) is 0 Å². The summed E-state index contributed by atoms with van der Waals surface area (Å²) < 4.78 is 10.0. The van der Waals surface area contributed by atoms with Gasteiger partial charge in [-0.2, -0.15) is 0 Å². The van der Waals surface area contributed by atoms with Crippen LogP contribution in [0, 0.1) is 0 Å². The van der Waals surface area contributed by atoms with Gasteiger partial charge in [-0.25, -0.2) is 0 Å². The molecule has 0 amide bonds. The second kappa shape index (κ2) is 27.3. The van der Waals surface area contributed by atoms with Gasteiger partial charge in [-0.1, -0.05) is 309 Å². The Labute approximate surface area is 700 Å². The standard InChI is InChI=1S/C114H73BN6/c1-5-30-74(31-6-1)78-56-64-106-92(68-78)93-69-79(75-32-7-2-8-33-75)57-65-107(93)116(106)82-60-62-96-112(72-82)120(104-52-27-19-44-90(104)88-42-17-25-50-102(88)118-98-46-21-13-38-84(98)85-39-14-22-47-99(85)118)110-54-29-55-111-114(110)115(96)97-63-61-83(117-108-66-58-80(76-34-9-3-10-35-76)70-94(108)95-71-81(59-67-109(95)117)77-36-11-4-12-37-77)73-113(97)121(111)105-53-28-20-45-91(105)89-43-18-26-51-103(89)119-100-48-23-15-40-86(100)87-41-16-24-49-101(87)119/h1-73H. The number of aromatic nitrogens is 4. The van der Waals surface area contributed by atoms with Crippen LogP contribution in [0.1, 0.15) is 0 Å². The lowest BCUT2D eigenvalue weighted by atomic mass is 9.33. The molecular formula is C114H73BN6. The molecule has 0 bridgehead atoms. The van der Waals surface area contributed by atoms with Gasteiger partial charge in [0.2, 0.25) is 0 Å². The first kappa shape index (κ1) is 68.3. The van der Waals surface area contributed by atoms with E-state index >= 15 is 0 Å². The number of benzene rings is 19. The first-order chi connectivity index (χ1) is 60.1. The number of rotatable bonds is 12. The van der Waals surface area contributed by atoms with E-state index in [9.17, 15) is 0 Å². The van der Waals surface area contributed by atoms with E-state index in [-0.39, 0.29) is 6.71 Å². The zero-order valence-corrected chi connectivity index (χ0v) is 65.9. The molecule has 23 aromatic rings. The summed E-state index contributed by atoms with van der Waals surface area (Å²) in [6.07, 6.45) is 0. The van der Waals surface area contributed by atoms with Crippen LogP contribution in [0.5, 0.6) is 0 Å². The molecule has 19 aromatic carbocycles. The van der Waals surface area contributed by atoms with Crippen molar-refractivity contribution < 1.29 is 0 Å². The van der Waals surface area contributed by atoms with Crippen molar-refractivity contribution in [1.29, 1.82) is 0 Å². The van der Waals surface area contributed by atoms with Crippen LogP contribution in [0.15, 0.2) is 443 Å². The third kappa shape index (κ3) is 10.6. The summed E-state index contributed by atoms with van der Waals surface area (Å²) in [5.41, 5.74) is 37.5. The molecule has 2 aliphatic heterocycles. The zero-order chi connectivity index (χ0) is 79.3. The van der Waals surface area contributed by atoms with E-state index < -0.39 is 0 Å². The van der Waals surface area contributed by atoms with Gasteiger partial charge in [0.05, 0.1) is 66.9 Å². The molecule has 2 aliphatic rings. The van der Waals surface area contributed by atoms with E-state index in [0.717, 1.165) is 123 Å². The fourth-order valence-electron chi connectivity index (χ4n) is 20.5. The minimum absolute atomic E-state index is 0.263. The second-order valence-corrected chi connectivity index (χ2v) is 32.2. The van der Waals surface area contributed by atoms with Crippen LogP contribution < -0.4 is 26.2 Å². The smallest absolute Gasteiger partial charge is 0.252 e. The lowest BCUT2D eigenvalue weighted by Crippen LogP contribution is -2.61. The molecule has 0 aliphatic carbocycles. The quantitative estimate of drug-likeness (QED) is 0.114.